The average molecular weight is 503 g/mol. The number of esters is 1. The molecule has 0 radical (unpaired) electrons. The van der Waals surface area contributed by atoms with Crippen molar-refractivity contribution in [2.75, 3.05) is 13.7 Å². The minimum Gasteiger partial charge on any atom is -0.493 e. The molecule has 0 atom stereocenters. The molecule has 5 nitrogen and oxygen atoms in total. The molecule has 0 spiro atoms. The zero-order valence-electron chi connectivity index (χ0n) is 16.6. The lowest BCUT2D eigenvalue weighted by Crippen LogP contribution is -2.05. The SMILES string of the molecule is C=CCOc1c(I)cc(/C=C2\N=C(c3ccc(C(C)C)cc3)OC2=O)cc1OC. The van der Waals surface area contributed by atoms with Crippen LogP contribution in [-0.4, -0.2) is 25.6 Å². The molecule has 1 heterocycles. The quantitative estimate of drug-likeness (QED) is 0.222. The van der Waals surface area contributed by atoms with Crippen LogP contribution in [0.4, 0.5) is 0 Å². The summed E-state index contributed by atoms with van der Waals surface area (Å²) in [6.07, 6.45) is 3.35. The van der Waals surface area contributed by atoms with Crippen molar-refractivity contribution in [1.29, 1.82) is 0 Å². The molecular weight excluding hydrogens is 481 g/mol. The second kappa shape index (κ2) is 9.26. The molecule has 2 aromatic rings. The number of hydrogen-bond acceptors (Lipinski definition) is 5. The fourth-order valence-electron chi connectivity index (χ4n) is 2.81. The number of benzene rings is 2. The van der Waals surface area contributed by atoms with Crippen LogP contribution in [0, 0.1) is 3.57 Å². The molecule has 6 heteroatoms. The Kier molecular flexibility index (Phi) is 6.74. The Morgan fingerprint density at radius 2 is 1.97 bits per heavy atom. The van der Waals surface area contributed by atoms with E-state index in [1.807, 2.05) is 30.3 Å². The Labute approximate surface area is 184 Å². The third-order valence-corrected chi connectivity index (χ3v) is 5.15. The number of aliphatic imine (C=N–C) groups is 1. The fourth-order valence-corrected chi connectivity index (χ4v) is 3.59. The van der Waals surface area contributed by atoms with Crippen molar-refractivity contribution in [2.45, 2.75) is 19.8 Å². The lowest BCUT2D eigenvalue weighted by molar-refractivity contribution is -0.129. The van der Waals surface area contributed by atoms with E-state index in [0.717, 1.165) is 14.7 Å². The van der Waals surface area contributed by atoms with Crippen LogP contribution < -0.4 is 9.47 Å². The third-order valence-electron chi connectivity index (χ3n) is 4.35. The van der Waals surface area contributed by atoms with E-state index < -0.39 is 5.97 Å². The van der Waals surface area contributed by atoms with Gasteiger partial charge in [0.25, 0.3) is 0 Å². The van der Waals surface area contributed by atoms with E-state index in [-0.39, 0.29) is 5.70 Å². The van der Waals surface area contributed by atoms with E-state index in [4.69, 9.17) is 14.2 Å². The number of nitrogens with zero attached hydrogens (tertiary/aromatic N) is 1. The Morgan fingerprint density at radius 1 is 1.24 bits per heavy atom. The Balaban J connectivity index is 1.90. The Morgan fingerprint density at radius 3 is 2.59 bits per heavy atom. The maximum atomic E-state index is 12.3. The van der Waals surface area contributed by atoms with E-state index in [9.17, 15) is 4.79 Å². The van der Waals surface area contributed by atoms with Crippen LogP contribution >= 0.6 is 22.6 Å². The van der Waals surface area contributed by atoms with Crippen LogP contribution in [0.2, 0.25) is 0 Å². The van der Waals surface area contributed by atoms with Crippen LogP contribution in [0.1, 0.15) is 36.5 Å². The second-order valence-corrected chi connectivity index (χ2v) is 7.91. The molecule has 0 unspecified atom stereocenters. The van der Waals surface area contributed by atoms with Gasteiger partial charge in [-0.25, -0.2) is 9.79 Å². The molecule has 0 amide bonds. The highest BCUT2D eigenvalue weighted by Crippen LogP contribution is 2.35. The third kappa shape index (κ3) is 4.87. The first-order valence-electron chi connectivity index (χ1n) is 9.17. The summed E-state index contributed by atoms with van der Waals surface area (Å²) in [4.78, 5) is 16.7. The number of carbonyl (C=O) groups is 1. The number of ether oxygens (including phenoxy) is 3. The maximum Gasteiger partial charge on any atom is 0.363 e. The van der Waals surface area contributed by atoms with E-state index >= 15 is 0 Å². The van der Waals surface area contributed by atoms with Gasteiger partial charge in [-0.2, -0.15) is 0 Å². The molecular formula is C23H22INO4. The molecule has 0 bridgehead atoms. The largest absolute Gasteiger partial charge is 0.493 e. The Hall–Kier alpha value is -2.61. The second-order valence-electron chi connectivity index (χ2n) is 6.75. The molecule has 0 fully saturated rings. The van der Waals surface area contributed by atoms with Gasteiger partial charge in [-0.1, -0.05) is 38.6 Å². The topological polar surface area (TPSA) is 57.1 Å². The van der Waals surface area contributed by atoms with Gasteiger partial charge in [-0.3, -0.25) is 0 Å². The van der Waals surface area contributed by atoms with Crippen LogP contribution in [0.25, 0.3) is 6.08 Å². The molecule has 2 aromatic carbocycles. The summed E-state index contributed by atoms with van der Waals surface area (Å²) in [5, 5.41) is 0. The molecule has 29 heavy (non-hydrogen) atoms. The van der Waals surface area contributed by atoms with Crippen molar-refractivity contribution in [3.63, 3.8) is 0 Å². The van der Waals surface area contributed by atoms with Gasteiger partial charge in [0.05, 0.1) is 10.7 Å². The van der Waals surface area contributed by atoms with Gasteiger partial charge in [-0.05, 0) is 70.0 Å². The number of carbonyl (C=O) groups excluding carboxylic acids is 1. The van der Waals surface area contributed by atoms with Gasteiger partial charge in [0.2, 0.25) is 5.90 Å². The number of hydrogen-bond donors (Lipinski definition) is 0. The minimum absolute atomic E-state index is 0.241. The lowest BCUT2D eigenvalue weighted by atomic mass is 10.0. The molecule has 3 rings (SSSR count). The van der Waals surface area contributed by atoms with Crippen molar-refractivity contribution in [3.8, 4) is 11.5 Å². The van der Waals surface area contributed by atoms with Crippen LogP contribution in [-0.2, 0) is 9.53 Å². The summed E-state index contributed by atoms with van der Waals surface area (Å²) in [6, 6.07) is 11.6. The van der Waals surface area contributed by atoms with Crippen molar-refractivity contribution in [3.05, 3.63) is 75.0 Å². The number of halogens is 1. The number of rotatable bonds is 7. The molecule has 0 saturated heterocycles. The van der Waals surface area contributed by atoms with Crippen LogP contribution in [0.5, 0.6) is 11.5 Å². The molecule has 1 aliphatic rings. The summed E-state index contributed by atoms with van der Waals surface area (Å²) >= 11 is 2.17. The first-order chi connectivity index (χ1) is 13.9. The predicted octanol–water partition coefficient (Wildman–Crippen LogP) is 5.33. The van der Waals surface area contributed by atoms with Crippen molar-refractivity contribution >= 4 is 40.5 Å². The van der Waals surface area contributed by atoms with Gasteiger partial charge in [0, 0.05) is 5.56 Å². The van der Waals surface area contributed by atoms with Crippen LogP contribution in [0.3, 0.4) is 0 Å². The van der Waals surface area contributed by atoms with Gasteiger partial charge < -0.3 is 14.2 Å². The van der Waals surface area contributed by atoms with Gasteiger partial charge >= 0.3 is 5.97 Å². The van der Waals surface area contributed by atoms with E-state index in [2.05, 4.69) is 48.0 Å². The monoisotopic (exact) mass is 503 g/mol. The molecule has 0 saturated carbocycles. The lowest BCUT2D eigenvalue weighted by Gasteiger charge is -2.12. The van der Waals surface area contributed by atoms with E-state index in [1.165, 1.54) is 5.56 Å². The normalized spacial score (nSPS) is 14.7. The summed E-state index contributed by atoms with van der Waals surface area (Å²) < 4.78 is 17.3. The summed E-state index contributed by atoms with van der Waals surface area (Å²) in [7, 11) is 1.57. The summed E-state index contributed by atoms with van der Waals surface area (Å²) in [5.41, 5.74) is 3.00. The molecule has 150 valence electrons. The van der Waals surface area contributed by atoms with Gasteiger partial charge in [0.15, 0.2) is 17.2 Å². The van der Waals surface area contributed by atoms with Crippen LogP contribution in [0.15, 0.2) is 59.7 Å². The number of methoxy groups -OCH3 is 1. The van der Waals surface area contributed by atoms with E-state index in [0.29, 0.717) is 29.9 Å². The predicted molar refractivity (Wildman–Crippen MR) is 123 cm³/mol. The van der Waals surface area contributed by atoms with E-state index in [1.54, 1.807) is 25.3 Å². The number of cyclic esters (lactones) is 1. The standard InChI is InChI=1S/C23H22INO4/c1-5-10-28-21-18(24)11-15(13-20(21)27-4)12-19-23(26)29-22(25-19)17-8-6-16(7-9-17)14(2)3/h5-9,11-14H,1,10H2,2-4H3/b19-12-. The molecule has 1 aliphatic heterocycles. The zero-order valence-corrected chi connectivity index (χ0v) is 18.7. The summed E-state index contributed by atoms with van der Waals surface area (Å²) in [5.74, 6) is 1.48. The molecule has 0 N–H and O–H groups in total. The van der Waals surface area contributed by atoms with Gasteiger partial charge in [0.1, 0.15) is 6.61 Å². The average Bonchev–Trinajstić information content (AvgIpc) is 3.07. The molecule has 0 aliphatic carbocycles. The molecule has 0 aromatic heterocycles. The highest BCUT2D eigenvalue weighted by molar-refractivity contribution is 14.1. The first-order valence-corrected chi connectivity index (χ1v) is 10.2. The van der Waals surface area contributed by atoms with Crippen molar-refractivity contribution in [1.82, 2.24) is 0 Å². The first kappa shape index (κ1) is 21.1. The maximum absolute atomic E-state index is 12.3. The van der Waals surface area contributed by atoms with Crippen molar-refractivity contribution in [2.24, 2.45) is 4.99 Å². The smallest absolute Gasteiger partial charge is 0.363 e. The highest BCUT2D eigenvalue weighted by atomic mass is 127. The summed E-state index contributed by atoms with van der Waals surface area (Å²) in [6.45, 7) is 8.30. The zero-order chi connectivity index (χ0) is 21.0. The van der Waals surface area contributed by atoms with Crippen molar-refractivity contribution < 1.29 is 19.0 Å². The van der Waals surface area contributed by atoms with Gasteiger partial charge in [-0.15, -0.1) is 0 Å². The fraction of sp³-hybridized carbons (Fsp3) is 0.217. The highest BCUT2D eigenvalue weighted by Gasteiger charge is 2.24. The Bertz CT molecular complexity index is 991. The minimum atomic E-state index is -0.478.